The molecule has 0 bridgehead atoms. The number of carbonyl (C=O) groups is 2. The largest absolute Gasteiger partial charge is 0.483 e. The van der Waals surface area contributed by atoms with Crippen LogP contribution in [0.2, 0.25) is 0 Å². The summed E-state index contributed by atoms with van der Waals surface area (Å²) in [4.78, 5) is 27.3. The third kappa shape index (κ3) is 6.07. The lowest BCUT2D eigenvalue weighted by Crippen LogP contribution is -2.51. The van der Waals surface area contributed by atoms with E-state index in [-0.39, 0.29) is 24.5 Å². The molecule has 0 saturated heterocycles. The van der Waals surface area contributed by atoms with Gasteiger partial charge in [-0.05, 0) is 44.2 Å². The lowest BCUT2D eigenvalue weighted by Gasteiger charge is -2.29. The smallest absolute Gasteiger partial charge is 0.261 e. The molecule has 0 aliphatic rings. The van der Waals surface area contributed by atoms with Crippen LogP contribution in [0.3, 0.4) is 0 Å². The Bertz CT molecular complexity index is 1010. The average Bonchev–Trinajstić information content (AvgIpc) is 2.77. The van der Waals surface area contributed by atoms with Crippen molar-refractivity contribution in [2.24, 2.45) is 0 Å². The van der Waals surface area contributed by atoms with Gasteiger partial charge in [0.2, 0.25) is 5.91 Å². The van der Waals surface area contributed by atoms with Crippen molar-refractivity contribution in [1.29, 1.82) is 0 Å². The summed E-state index contributed by atoms with van der Waals surface area (Å²) in [6.45, 7) is 5.89. The molecule has 1 N–H and O–H groups in total. The molecule has 0 heterocycles. The van der Waals surface area contributed by atoms with Crippen LogP contribution in [-0.4, -0.2) is 41.9 Å². The zero-order valence-electron chi connectivity index (χ0n) is 18.4. The Morgan fingerprint density at radius 1 is 0.903 bits per heavy atom. The number of fused-ring (bicyclic) bond motifs is 1. The number of hydrogen-bond donors (Lipinski definition) is 1. The molecule has 3 aromatic carbocycles. The molecule has 1 atom stereocenters. The van der Waals surface area contributed by atoms with Gasteiger partial charge in [0.1, 0.15) is 11.8 Å². The topological polar surface area (TPSA) is 58.6 Å². The van der Waals surface area contributed by atoms with E-state index in [1.165, 1.54) is 0 Å². The molecule has 3 aromatic rings. The van der Waals surface area contributed by atoms with Gasteiger partial charge in [0, 0.05) is 18.0 Å². The molecule has 0 spiro atoms. The molecule has 0 aliphatic heterocycles. The summed E-state index contributed by atoms with van der Waals surface area (Å²) in [6, 6.07) is 23.0. The van der Waals surface area contributed by atoms with E-state index in [0.29, 0.717) is 18.7 Å². The van der Waals surface area contributed by atoms with Crippen LogP contribution < -0.4 is 10.1 Å². The van der Waals surface area contributed by atoms with E-state index in [4.69, 9.17) is 4.74 Å². The van der Waals surface area contributed by atoms with Crippen LogP contribution >= 0.6 is 0 Å². The van der Waals surface area contributed by atoms with E-state index in [9.17, 15) is 9.59 Å². The number of amides is 2. The molecule has 0 aliphatic carbocycles. The van der Waals surface area contributed by atoms with Crippen LogP contribution in [0.4, 0.5) is 0 Å². The summed E-state index contributed by atoms with van der Waals surface area (Å²) in [7, 11) is 0. The van der Waals surface area contributed by atoms with Gasteiger partial charge in [-0.3, -0.25) is 9.59 Å². The first-order valence-electron chi connectivity index (χ1n) is 10.7. The van der Waals surface area contributed by atoms with Gasteiger partial charge < -0.3 is 15.0 Å². The van der Waals surface area contributed by atoms with Crippen LogP contribution in [0.5, 0.6) is 5.75 Å². The van der Waals surface area contributed by atoms with Crippen LogP contribution in [0.25, 0.3) is 10.8 Å². The predicted molar refractivity (Wildman–Crippen MR) is 124 cm³/mol. The Morgan fingerprint density at radius 3 is 2.32 bits per heavy atom. The van der Waals surface area contributed by atoms with Crippen molar-refractivity contribution in [3.8, 4) is 5.75 Å². The normalized spacial score (nSPS) is 11.9. The summed E-state index contributed by atoms with van der Waals surface area (Å²) in [5, 5.41) is 4.91. The fourth-order valence-corrected chi connectivity index (χ4v) is 3.52. The third-order valence-corrected chi connectivity index (χ3v) is 5.18. The van der Waals surface area contributed by atoms with Gasteiger partial charge in [0.05, 0.1) is 0 Å². The molecule has 5 nitrogen and oxygen atoms in total. The van der Waals surface area contributed by atoms with Crippen molar-refractivity contribution in [2.75, 3.05) is 13.2 Å². The van der Waals surface area contributed by atoms with Crippen molar-refractivity contribution >= 4 is 22.6 Å². The van der Waals surface area contributed by atoms with Gasteiger partial charge in [0.15, 0.2) is 6.61 Å². The number of carbonyl (C=O) groups excluding carboxylic acids is 2. The van der Waals surface area contributed by atoms with E-state index >= 15 is 0 Å². The Labute approximate surface area is 184 Å². The van der Waals surface area contributed by atoms with E-state index < -0.39 is 6.04 Å². The third-order valence-electron chi connectivity index (χ3n) is 5.18. The number of rotatable bonds is 9. The maximum atomic E-state index is 13.1. The van der Waals surface area contributed by atoms with Crippen molar-refractivity contribution in [3.63, 3.8) is 0 Å². The molecular weight excluding hydrogens is 388 g/mol. The minimum atomic E-state index is -0.588. The van der Waals surface area contributed by atoms with E-state index in [1.54, 1.807) is 11.8 Å². The minimum absolute atomic E-state index is 0.00737. The highest BCUT2D eigenvalue weighted by Gasteiger charge is 2.26. The van der Waals surface area contributed by atoms with Gasteiger partial charge in [0.25, 0.3) is 5.91 Å². The molecule has 31 heavy (non-hydrogen) atoms. The zero-order valence-corrected chi connectivity index (χ0v) is 18.4. The fraction of sp³-hybridized carbons (Fsp3) is 0.308. The maximum Gasteiger partial charge on any atom is 0.261 e. The van der Waals surface area contributed by atoms with Crippen LogP contribution in [-0.2, 0) is 16.0 Å². The molecule has 0 aromatic heterocycles. The number of hydrogen-bond acceptors (Lipinski definition) is 3. The van der Waals surface area contributed by atoms with E-state index in [2.05, 4.69) is 5.32 Å². The molecule has 0 fully saturated rings. The van der Waals surface area contributed by atoms with E-state index in [1.807, 2.05) is 86.6 Å². The quantitative estimate of drug-likeness (QED) is 0.567. The zero-order chi connectivity index (χ0) is 22.2. The number of nitrogens with one attached hydrogen (secondary N) is 1. The molecule has 3 rings (SSSR count). The first-order chi connectivity index (χ1) is 15.0. The predicted octanol–water partition coefficient (Wildman–Crippen LogP) is 4.20. The highest BCUT2D eigenvalue weighted by molar-refractivity contribution is 5.90. The lowest BCUT2D eigenvalue weighted by molar-refractivity contribution is -0.141. The molecule has 0 saturated carbocycles. The van der Waals surface area contributed by atoms with Crippen molar-refractivity contribution in [1.82, 2.24) is 10.2 Å². The maximum absolute atomic E-state index is 13.1. The summed E-state index contributed by atoms with van der Waals surface area (Å²) in [6.07, 6.45) is 0.667. The molecular formula is C26H30N2O3. The van der Waals surface area contributed by atoms with Crippen molar-refractivity contribution in [3.05, 3.63) is 78.4 Å². The van der Waals surface area contributed by atoms with Gasteiger partial charge in [-0.2, -0.15) is 0 Å². The SMILES string of the molecule is CC(C)NC(=O)[C@@H](C)N(CCc1ccccc1)C(=O)COc1cccc2ccccc12. The van der Waals surface area contributed by atoms with Crippen LogP contribution in [0.1, 0.15) is 26.3 Å². The molecule has 0 unspecified atom stereocenters. The summed E-state index contributed by atoms with van der Waals surface area (Å²) >= 11 is 0. The Kier molecular flexibility index (Phi) is 7.65. The van der Waals surface area contributed by atoms with Gasteiger partial charge in [-0.15, -0.1) is 0 Å². The van der Waals surface area contributed by atoms with Crippen LogP contribution in [0.15, 0.2) is 72.8 Å². The Hall–Kier alpha value is -3.34. The van der Waals surface area contributed by atoms with Gasteiger partial charge in [-0.25, -0.2) is 0 Å². The number of ether oxygens (including phenoxy) is 1. The molecule has 5 heteroatoms. The molecule has 162 valence electrons. The highest BCUT2D eigenvalue weighted by atomic mass is 16.5. The van der Waals surface area contributed by atoms with Gasteiger partial charge in [-0.1, -0.05) is 66.7 Å². The van der Waals surface area contributed by atoms with E-state index in [0.717, 1.165) is 16.3 Å². The molecule has 2 amide bonds. The first kappa shape index (κ1) is 22.3. The van der Waals surface area contributed by atoms with Crippen molar-refractivity contribution in [2.45, 2.75) is 39.3 Å². The van der Waals surface area contributed by atoms with Crippen LogP contribution in [0, 0.1) is 0 Å². The minimum Gasteiger partial charge on any atom is -0.483 e. The first-order valence-corrected chi connectivity index (χ1v) is 10.7. The average molecular weight is 419 g/mol. The number of benzene rings is 3. The summed E-state index contributed by atoms with van der Waals surface area (Å²) in [5.74, 6) is 0.283. The summed E-state index contributed by atoms with van der Waals surface area (Å²) < 4.78 is 5.90. The molecule has 0 radical (unpaired) electrons. The lowest BCUT2D eigenvalue weighted by atomic mass is 10.1. The van der Waals surface area contributed by atoms with Gasteiger partial charge >= 0.3 is 0 Å². The fourth-order valence-electron chi connectivity index (χ4n) is 3.52. The van der Waals surface area contributed by atoms with Crippen molar-refractivity contribution < 1.29 is 14.3 Å². The second-order valence-electron chi connectivity index (χ2n) is 7.93. The monoisotopic (exact) mass is 418 g/mol. The second kappa shape index (κ2) is 10.6. The highest BCUT2D eigenvalue weighted by Crippen LogP contribution is 2.25. The second-order valence-corrected chi connectivity index (χ2v) is 7.93. The Balaban J connectivity index is 1.73. The number of nitrogens with zero attached hydrogens (tertiary/aromatic N) is 1. The summed E-state index contributed by atoms with van der Waals surface area (Å²) in [5.41, 5.74) is 1.12. The standard InChI is InChI=1S/C26H30N2O3/c1-19(2)27-26(30)20(3)28(17-16-21-10-5-4-6-11-21)25(29)18-31-24-15-9-13-22-12-7-8-14-23(22)24/h4-15,19-20H,16-18H2,1-3H3,(H,27,30)/t20-/m1/s1. The Morgan fingerprint density at radius 2 is 1.58 bits per heavy atom.